The van der Waals surface area contributed by atoms with Crippen LogP contribution in [0.3, 0.4) is 0 Å². The van der Waals surface area contributed by atoms with Gasteiger partial charge in [-0.1, -0.05) is 19.3 Å². The van der Waals surface area contributed by atoms with Crippen LogP contribution in [0.25, 0.3) is 0 Å². The van der Waals surface area contributed by atoms with Gasteiger partial charge in [-0.15, -0.1) is 0 Å². The minimum atomic E-state index is 0.304. The van der Waals surface area contributed by atoms with Gasteiger partial charge < -0.3 is 15.4 Å². The van der Waals surface area contributed by atoms with E-state index in [1.165, 1.54) is 32.1 Å². The Labute approximate surface area is 145 Å². The average molecular weight is 333 g/mol. The molecule has 1 heterocycles. The van der Waals surface area contributed by atoms with Crippen LogP contribution in [0.15, 0.2) is 17.3 Å². The van der Waals surface area contributed by atoms with Crippen molar-refractivity contribution in [3.8, 4) is 0 Å². The fourth-order valence-electron chi connectivity index (χ4n) is 4.37. The quantitative estimate of drug-likeness (QED) is 0.641. The Morgan fingerprint density at radius 1 is 1.42 bits per heavy atom. The predicted molar refractivity (Wildman–Crippen MR) is 95.9 cm³/mol. The van der Waals surface area contributed by atoms with Crippen LogP contribution in [0.1, 0.15) is 51.1 Å². The Kier molecular flexibility index (Phi) is 5.43. The molecule has 2 fully saturated rings. The summed E-state index contributed by atoms with van der Waals surface area (Å²) in [6, 6.07) is 2.49. The molecular weight excluding hydrogens is 302 g/mol. The molecule has 0 aromatic carbocycles. The second-order valence-corrected chi connectivity index (χ2v) is 7.04. The van der Waals surface area contributed by atoms with Gasteiger partial charge in [-0.3, -0.25) is 9.67 Å². The zero-order valence-electron chi connectivity index (χ0n) is 15.2. The molecular formula is C18H31N5O. The van der Waals surface area contributed by atoms with Crippen molar-refractivity contribution in [2.75, 3.05) is 13.7 Å². The third kappa shape index (κ3) is 3.29. The number of rotatable bonds is 5. The molecule has 2 aliphatic rings. The van der Waals surface area contributed by atoms with E-state index >= 15 is 0 Å². The molecule has 2 atom stereocenters. The molecule has 0 bridgehead atoms. The molecule has 134 valence electrons. The number of aryl methyl sites for hydroxylation is 1. The molecule has 1 spiro atoms. The van der Waals surface area contributed by atoms with Gasteiger partial charge >= 0.3 is 0 Å². The van der Waals surface area contributed by atoms with E-state index in [4.69, 9.17) is 4.74 Å². The normalized spacial score (nSPS) is 26.2. The first kappa shape index (κ1) is 17.3. The van der Waals surface area contributed by atoms with Crippen LogP contribution in [-0.2, 0) is 18.3 Å². The highest BCUT2D eigenvalue weighted by atomic mass is 16.5. The van der Waals surface area contributed by atoms with Crippen molar-refractivity contribution < 1.29 is 4.74 Å². The van der Waals surface area contributed by atoms with E-state index in [1.54, 1.807) is 0 Å². The van der Waals surface area contributed by atoms with E-state index in [0.717, 1.165) is 31.2 Å². The average Bonchev–Trinajstić information content (AvgIpc) is 3.02. The Balaban J connectivity index is 1.60. The number of guanidine groups is 1. The number of nitrogens with one attached hydrogen (secondary N) is 2. The Bertz CT molecular complexity index is 562. The van der Waals surface area contributed by atoms with Crippen LogP contribution in [0.2, 0.25) is 0 Å². The summed E-state index contributed by atoms with van der Waals surface area (Å²) in [7, 11) is 3.80. The SMILES string of the molecule is CCOC1CC(NC(=NC)NCc2ccnn2C)C12CCCCC2. The first-order valence-corrected chi connectivity index (χ1v) is 9.25. The van der Waals surface area contributed by atoms with Crippen LogP contribution in [-0.4, -0.2) is 41.5 Å². The van der Waals surface area contributed by atoms with Gasteiger partial charge in [0.15, 0.2) is 5.96 Å². The molecule has 24 heavy (non-hydrogen) atoms. The zero-order valence-corrected chi connectivity index (χ0v) is 15.2. The Hall–Kier alpha value is -1.56. The molecule has 0 aliphatic heterocycles. The molecule has 0 saturated heterocycles. The smallest absolute Gasteiger partial charge is 0.191 e. The van der Waals surface area contributed by atoms with Crippen LogP contribution >= 0.6 is 0 Å². The van der Waals surface area contributed by atoms with Crippen LogP contribution < -0.4 is 10.6 Å². The molecule has 2 unspecified atom stereocenters. The van der Waals surface area contributed by atoms with Gasteiger partial charge in [-0.25, -0.2) is 0 Å². The van der Waals surface area contributed by atoms with Crippen molar-refractivity contribution >= 4 is 5.96 Å². The number of aliphatic imine (C=N–C) groups is 1. The zero-order chi connectivity index (χ0) is 17.0. The Morgan fingerprint density at radius 2 is 2.21 bits per heavy atom. The highest BCUT2D eigenvalue weighted by molar-refractivity contribution is 5.80. The summed E-state index contributed by atoms with van der Waals surface area (Å²) in [6.45, 7) is 3.64. The Morgan fingerprint density at radius 3 is 2.83 bits per heavy atom. The molecule has 2 aliphatic carbocycles. The second-order valence-electron chi connectivity index (χ2n) is 7.04. The first-order valence-electron chi connectivity index (χ1n) is 9.25. The van der Waals surface area contributed by atoms with Crippen molar-refractivity contribution in [3.05, 3.63) is 18.0 Å². The van der Waals surface area contributed by atoms with Crippen molar-refractivity contribution in [2.24, 2.45) is 17.5 Å². The van der Waals surface area contributed by atoms with Crippen LogP contribution in [0.4, 0.5) is 0 Å². The predicted octanol–water partition coefficient (Wildman–Crippen LogP) is 2.21. The summed E-state index contributed by atoms with van der Waals surface area (Å²) in [5.41, 5.74) is 1.45. The maximum Gasteiger partial charge on any atom is 0.191 e. The molecule has 3 rings (SSSR count). The van der Waals surface area contributed by atoms with Crippen molar-refractivity contribution in [1.82, 2.24) is 20.4 Å². The fourth-order valence-corrected chi connectivity index (χ4v) is 4.37. The molecule has 1 aromatic rings. The van der Waals surface area contributed by atoms with E-state index in [0.29, 0.717) is 17.6 Å². The largest absolute Gasteiger partial charge is 0.378 e. The van der Waals surface area contributed by atoms with Crippen molar-refractivity contribution in [3.63, 3.8) is 0 Å². The number of ether oxygens (including phenoxy) is 1. The summed E-state index contributed by atoms with van der Waals surface area (Å²) in [6.07, 6.45) is 9.87. The highest BCUT2D eigenvalue weighted by Gasteiger charge is 2.55. The minimum Gasteiger partial charge on any atom is -0.378 e. The van der Waals surface area contributed by atoms with Crippen molar-refractivity contribution in [1.29, 1.82) is 0 Å². The summed E-state index contributed by atoms with van der Waals surface area (Å²) >= 11 is 0. The van der Waals surface area contributed by atoms with E-state index in [1.807, 2.05) is 31.0 Å². The third-order valence-corrected chi connectivity index (χ3v) is 5.83. The maximum absolute atomic E-state index is 6.04. The summed E-state index contributed by atoms with van der Waals surface area (Å²) in [5, 5.41) is 11.3. The lowest BCUT2D eigenvalue weighted by atomic mass is 9.55. The minimum absolute atomic E-state index is 0.304. The van der Waals surface area contributed by atoms with Crippen LogP contribution in [0, 0.1) is 5.41 Å². The lowest BCUT2D eigenvalue weighted by Crippen LogP contribution is -2.66. The fraction of sp³-hybridized carbons (Fsp3) is 0.778. The number of hydrogen-bond acceptors (Lipinski definition) is 3. The standard InChI is InChI=1S/C18H31N5O/c1-4-24-16-12-15(18(16)9-6-5-7-10-18)22-17(19-2)20-13-14-8-11-21-23(14)3/h8,11,15-16H,4-7,9-10,12-13H2,1-3H3,(H2,19,20,22). The lowest BCUT2D eigenvalue weighted by Gasteiger charge is -2.57. The second kappa shape index (κ2) is 7.55. The molecule has 6 heteroatoms. The molecule has 2 saturated carbocycles. The van der Waals surface area contributed by atoms with Gasteiger partial charge in [0, 0.05) is 38.4 Å². The summed E-state index contributed by atoms with van der Waals surface area (Å²) in [5.74, 6) is 0.876. The van der Waals surface area contributed by atoms with Gasteiger partial charge in [0.05, 0.1) is 18.3 Å². The lowest BCUT2D eigenvalue weighted by molar-refractivity contribution is -0.145. The van der Waals surface area contributed by atoms with Gasteiger partial charge in [-0.2, -0.15) is 5.10 Å². The number of aromatic nitrogens is 2. The van der Waals surface area contributed by atoms with E-state index < -0.39 is 0 Å². The van der Waals surface area contributed by atoms with E-state index in [2.05, 4.69) is 27.6 Å². The van der Waals surface area contributed by atoms with Gasteiger partial charge in [0.1, 0.15) is 0 Å². The van der Waals surface area contributed by atoms with Gasteiger partial charge in [-0.05, 0) is 32.3 Å². The molecule has 1 aromatic heterocycles. The molecule has 2 N–H and O–H groups in total. The van der Waals surface area contributed by atoms with E-state index in [-0.39, 0.29) is 0 Å². The van der Waals surface area contributed by atoms with Gasteiger partial charge in [0.2, 0.25) is 0 Å². The molecule has 0 amide bonds. The summed E-state index contributed by atoms with van der Waals surface area (Å²) in [4.78, 5) is 4.41. The molecule has 6 nitrogen and oxygen atoms in total. The van der Waals surface area contributed by atoms with Crippen LogP contribution in [0.5, 0.6) is 0 Å². The highest BCUT2D eigenvalue weighted by Crippen LogP contribution is 2.53. The number of nitrogens with zero attached hydrogens (tertiary/aromatic N) is 3. The van der Waals surface area contributed by atoms with Gasteiger partial charge in [0.25, 0.3) is 0 Å². The first-order chi connectivity index (χ1) is 11.7. The topological polar surface area (TPSA) is 63.5 Å². The summed E-state index contributed by atoms with van der Waals surface area (Å²) < 4.78 is 7.93. The monoisotopic (exact) mass is 333 g/mol. The third-order valence-electron chi connectivity index (χ3n) is 5.83. The maximum atomic E-state index is 6.04. The molecule has 0 radical (unpaired) electrons. The van der Waals surface area contributed by atoms with E-state index in [9.17, 15) is 0 Å². The number of hydrogen-bond donors (Lipinski definition) is 2. The van der Waals surface area contributed by atoms with Crippen molar-refractivity contribution in [2.45, 2.75) is 64.1 Å².